The molecule has 0 aliphatic carbocycles. The van der Waals surface area contributed by atoms with Crippen molar-refractivity contribution >= 4 is 56.6 Å². The number of halogens is 1. The lowest BCUT2D eigenvalue weighted by atomic mass is 10.0. The Morgan fingerprint density at radius 2 is 1.94 bits per heavy atom. The maximum absolute atomic E-state index is 12.7. The van der Waals surface area contributed by atoms with E-state index in [-0.39, 0.29) is 18.7 Å². The summed E-state index contributed by atoms with van der Waals surface area (Å²) < 4.78 is 19.0. The second-order valence-electron chi connectivity index (χ2n) is 8.24. The second-order valence-corrected chi connectivity index (χ2v) is 10.1. The molecule has 4 heterocycles. The number of hydrogen-bond acceptors (Lipinski definition) is 10. The van der Waals surface area contributed by atoms with Crippen molar-refractivity contribution in [1.82, 2.24) is 24.4 Å². The van der Waals surface area contributed by atoms with Crippen molar-refractivity contribution in [3.05, 3.63) is 22.9 Å². The standard InChI is InChI=1S/C22H23BrN6O5S/c1-11(34-12(2)30)21(31)28-5-3-13(4-6-28)29-20-18(19(24)25-9-26-20)27-22(29)35-17-8-16-15(7-14(17)23)32-10-33-16/h7-9,11,13H,3-6,10H2,1-2H3,(H2,24,25,26). The van der Waals surface area contributed by atoms with E-state index in [1.807, 2.05) is 12.1 Å². The SMILES string of the molecule is CC(=O)OC(C)C(=O)N1CCC(n2c(Sc3cc4c(cc3Br)OCO4)nc3c(N)ncnc32)CC1. The summed E-state index contributed by atoms with van der Waals surface area (Å²) in [6.07, 6.45) is 1.99. The number of anilines is 1. The van der Waals surface area contributed by atoms with Crippen LogP contribution in [0.1, 0.15) is 32.7 Å². The smallest absolute Gasteiger partial charge is 0.303 e. The van der Waals surface area contributed by atoms with E-state index in [0.29, 0.717) is 59.6 Å². The first-order valence-corrected chi connectivity index (χ1v) is 12.6. The highest BCUT2D eigenvalue weighted by Gasteiger charge is 2.31. The molecule has 1 amide bonds. The molecule has 1 aromatic carbocycles. The molecule has 2 aromatic heterocycles. The number of amides is 1. The number of esters is 1. The van der Waals surface area contributed by atoms with Crippen LogP contribution in [0.25, 0.3) is 11.2 Å². The normalized spacial score (nSPS) is 16.5. The van der Waals surface area contributed by atoms with Crippen LogP contribution in [-0.2, 0) is 14.3 Å². The minimum absolute atomic E-state index is 0.0395. The van der Waals surface area contributed by atoms with Gasteiger partial charge in [0.1, 0.15) is 6.33 Å². The number of piperidine rings is 1. The van der Waals surface area contributed by atoms with Gasteiger partial charge < -0.3 is 24.8 Å². The van der Waals surface area contributed by atoms with Crippen molar-refractivity contribution in [1.29, 1.82) is 0 Å². The number of likely N-dealkylation sites (tertiary alicyclic amines) is 1. The summed E-state index contributed by atoms with van der Waals surface area (Å²) in [5, 5.41) is 0.713. The van der Waals surface area contributed by atoms with E-state index in [0.717, 1.165) is 9.37 Å². The first kappa shape index (κ1) is 23.7. The van der Waals surface area contributed by atoms with Gasteiger partial charge in [-0.3, -0.25) is 14.2 Å². The molecule has 0 bridgehead atoms. The molecule has 1 fully saturated rings. The van der Waals surface area contributed by atoms with E-state index in [1.165, 1.54) is 25.0 Å². The Morgan fingerprint density at radius 1 is 1.23 bits per heavy atom. The first-order chi connectivity index (χ1) is 16.8. The summed E-state index contributed by atoms with van der Waals surface area (Å²) in [6, 6.07) is 3.82. The minimum atomic E-state index is -0.805. The number of imidazole rings is 1. The highest BCUT2D eigenvalue weighted by atomic mass is 79.9. The number of nitrogens with zero attached hydrogens (tertiary/aromatic N) is 5. The number of carbonyl (C=O) groups excluding carboxylic acids is 2. The highest BCUT2D eigenvalue weighted by molar-refractivity contribution is 9.10. The lowest BCUT2D eigenvalue weighted by Crippen LogP contribution is -2.44. The van der Waals surface area contributed by atoms with E-state index in [2.05, 4.69) is 30.5 Å². The average molecular weight is 563 g/mol. The molecule has 13 heteroatoms. The summed E-state index contributed by atoms with van der Waals surface area (Å²) in [5.41, 5.74) is 7.31. The minimum Gasteiger partial charge on any atom is -0.454 e. The first-order valence-electron chi connectivity index (χ1n) is 11.0. The highest BCUT2D eigenvalue weighted by Crippen LogP contribution is 2.44. The lowest BCUT2D eigenvalue weighted by Gasteiger charge is -2.34. The molecule has 2 aliphatic heterocycles. The number of aromatic nitrogens is 4. The van der Waals surface area contributed by atoms with Crippen molar-refractivity contribution < 1.29 is 23.8 Å². The quantitative estimate of drug-likeness (QED) is 0.462. The molecule has 184 valence electrons. The fourth-order valence-corrected chi connectivity index (χ4v) is 5.84. The van der Waals surface area contributed by atoms with Crippen LogP contribution in [0.15, 0.2) is 33.0 Å². The Kier molecular flexibility index (Phi) is 6.45. The number of nitrogen functional groups attached to an aromatic ring is 1. The molecule has 0 spiro atoms. The zero-order valence-corrected chi connectivity index (χ0v) is 21.5. The van der Waals surface area contributed by atoms with Gasteiger partial charge in [0.05, 0.1) is 0 Å². The van der Waals surface area contributed by atoms with Crippen LogP contribution in [0.2, 0.25) is 0 Å². The molecular weight excluding hydrogens is 540 g/mol. The van der Waals surface area contributed by atoms with Gasteiger partial charge in [0.25, 0.3) is 5.91 Å². The monoisotopic (exact) mass is 562 g/mol. The molecule has 5 rings (SSSR count). The fourth-order valence-electron chi connectivity index (χ4n) is 4.28. The van der Waals surface area contributed by atoms with Gasteiger partial charge in [-0.1, -0.05) is 11.8 Å². The van der Waals surface area contributed by atoms with Crippen molar-refractivity contribution in [2.45, 2.75) is 48.9 Å². The van der Waals surface area contributed by atoms with Crippen LogP contribution in [0.5, 0.6) is 11.5 Å². The third kappa shape index (κ3) is 4.61. The van der Waals surface area contributed by atoms with Gasteiger partial charge in [0, 0.05) is 35.4 Å². The Morgan fingerprint density at radius 3 is 2.66 bits per heavy atom. The molecule has 1 atom stereocenters. The molecule has 0 saturated carbocycles. The van der Waals surface area contributed by atoms with Crippen LogP contribution in [0.4, 0.5) is 5.82 Å². The van der Waals surface area contributed by atoms with Gasteiger partial charge in [0.15, 0.2) is 39.7 Å². The predicted molar refractivity (Wildman–Crippen MR) is 130 cm³/mol. The topological polar surface area (TPSA) is 135 Å². The van der Waals surface area contributed by atoms with Crippen molar-refractivity contribution in [3.63, 3.8) is 0 Å². The molecular formula is C22H23BrN6O5S. The Labute approximate surface area is 213 Å². The average Bonchev–Trinajstić information content (AvgIpc) is 3.43. The zero-order chi connectivity index (χ0) is 24.7. The van der Waals surface area contributed by atoms with E-state index >= 15 is 0 Å². The van der Waals surface area contributed by atoms with Crippen molar-refractivity contribution in [2.24, 2.45) is 0 Å². The summed E-state index contributed by atoms with van der Waals surface area (Å²) in [5.74, 6) is 0.998. The molecule has 0 radical (unpaired) electrons. The fraction of sp³-hybridized carbons (Fsp3) is 0.409. The number of benzene rings is 1. The molecule has 11 nitrogen and oxygen atoms in total. The predicted octanol–water partition coefficient (Wildman–Crippen LogP) is 3.17. The van der Waals surface area contributed by atoms with Gasteiger partial charge >= 0.3 is 5.97 Å². The lowest BCUT2D eigenvalue weighted by molar-refractivity contribution is -0.158. The molecule has 3 aromatic rings. The number of rotatable bonds is 5. The van der Waals surface area contributed by atoms with E-state index in [9.17, 15) is 9.59 Å². The third-order valence-corrected chi connectivity index (χ3v) is 7.88. The Bertz CT molecular complexity index is 1310. The van der Waals surface area contributed by atoms with Crippen LogP contribution in [-0.4, -0.2) is 62.3 Å². The molecule has 1 saturated heterocycles. The van der Waals surface area contributed by atoms with Gasteiger partial charge in [-0.25, -0.2) is 15.0 Å². The van der Waals surface area contributed by atoms with E-state index < -0.39 is 12.1 Å². The van der Waals surface area contributed by atoms with Gasteiger partial charge in [-0.15, -0.1) is 0 Å². The van der Waals surface area contributed by atoms with Crippen LogP contribution < -0.4 is 15.2 Å². The maximum Gasteiger partial charge on any atom is 0.303 e. The van der Waals surface area contributed by atoms with Crippen molar-refractivity contribution in [2.75, 3.05) is 25.6 Å². The van der Waals surface area contributed by atoms with Gasteiger partial charge in [-0.05, 0) is 47.8 Å². The van der Waals surface area contributed by atoms with E-state index in [4.69, 9.17) is 24.9 Å². The van der Waals surface area contributed by atoms with Crippen LogP contribution in [0, 0.1) is 0 Å². The number of nitrogens with two attached hydrogens (primary N) is 1. The number of carbonyl (C=O) groups is 2. The maximum atomic E-state index is 12.7. The van der Waals surface area contributed by atoms with Gasteiger partial charge in [-0.2, -0.15) is 0 Å². The van der Waals surface area contributed by atoms with Crippen LogP contribution >= 0.6 is 27.7 Å². The summed E-state index contributed by atoms with van der Waals surface area (Å²) >= 11 is 5.08. The number of fused-ring (bicyclic) bond motifs is 2. The summed E-state index contributed by atoms with van der Waals surface area (Å²) in [6.45, 7) is 4.12. The molecule has 35 heavy (non-hydrogen) atoms. The molecule has 1 unspecified atom stereocenters. The zero-order valence-electron chi connectivity index (χ0n) is 19.1. The number of hydrogen-bond donors (Lipinski definition) is 1. The Hall–Kier alpha value is -3.06. The van der Waals surface area contributed by atoms with Crippen molar-refractivity contribution in [3.8, 4) is 11.5 Å². The van der Waals surface area contributed by atoms with Gasteiger partial charge in [0.2, 0.25) is 6.79 Å². The third-order valence-electron chi connectivity index (χ3n) is 5.93. The molecule has 2 N–H and O–H groups in total. The Balaban J connectivity index is 1.43. The second kappa shape index (κ2) is 9.53. The summed E-state index contributed by atoms with van der Waals surface area (Å²) in [7, 11) is 0. The van der Waals surface area contributed by atoms with Crippen LogP contribution in [0.3, 0.4) is 0 Å². The largest absolute Gasteiger partial charge is 0.454 e. The summed E-state index contributed by atoms with van der Waals surface area (Å²) in [4.78, 5) is 39.9. The molecule has 2 aliphatic rings. The number of ether oxygens (including phenoxy) is 3. The van der Waals surface area contributed by atoms with E-state index in [1.54, 1.807) is 11.8 Å².